The maximum atomic E-state index is 12.7. The van der Waals surface area contributed by atoms with E-state index in [9.17, 15) is 5.21 Å². The molecule has 20 heavy (non-hydrogen) atoms. The van der Waals surface area contributed by atoms with Gasteiger partial charge in [-0.15, -0.1) is 0 Å². The summed E-state index contributed by atoms with van der Waals surface area (Å²) in [5.41, 5.74) is 3.41. The monoisotopic (exact) mass is 286 g/mol. The van der Waals surface area contributed by atoms with Gasteiger partial charge in [-0.05, 0) is 12.1 Å². The number of nitrogens with zero attached hydrogens (tertiary/aromatic N) is 2. The van der Waals surface area contributed by atoms with Gasteiger partial charge in [-0.25, -0.2) is 0 Å². The Morgan fingerprint density at radius 1 is 1.15 bits per heavy atom. The molecule has 0 N–H and O–H groups in total. The highest BCUT2D eigenvalue weighted by molar-refractivity contribution is 6.31. The lowest BCUT2D eigenvalue weighted by molar-refractivity contribution is 0.459. The second-order valence-electron chi connectivity index (χ2n) is 5.08. The van der Waals surface area contributed by atoms with Crippen molar-refractivity contribution in [2.45, 2.75) is 0 Å². The van der Waals surface area contributed by atoms with Crippen molar-refractivity contribution in [3.63, 3.8) is 0 Å². The molecular weight excluding hydrogens is 272 g/mol. The second-order valence-corrected chi connectivity index (χ2v) is 5.52. The maximum absolute atomic E-state index is 12.7. The average Bonchev–Trinajstić information content (AvgIpc) is 2.56. The normalized spacial score (nSPS) is 21.9. The predicted octanol–water partition coefficient (Wildman–Crippen LogP) is 3.63. The molecule has 2 aromatic rings. The van der Waals surface area contributed by atoms with Gasteiger partial charge in [0.15, 0.2) is 0 Å². The van der Waals surface area contributed by atoms with Crippen LogP contribution in [0, 0.1) is 5.21 Å². The molecule has 3 nitrogen and oxygen atoms in total. The molecule has 1 aliphatic heterocycles. The van der Waals surface area contributed by atoms with Crippen LogP contribution in [0.25, 0.3) is 0 Å². The third-order valence-electron chi connectivity index (χ3n) is 3.57. The van der Waals surface area contributed by atoms with Crippen LogP contribution < -0.4 is 4.65 Å². The van der Waals surface area contributed by atoms with Crippen LogP contribution in [-0.4, -0.2) is 25.8 Å². The molecule has 0 radical (unpaired) electrons. The molecule has 0 bridgehead atoms. The molecule has 0 aromatic heterocycles. The van der Waals surface area contributed by atoms with Crippen molar-refractivity contribution in [2.24, 2.45) is 4.99 Å². The summed E-state index contributed by atoms with van der Waals surface area (Å²) in [6, 6.07) is 15.3. The number of aliphatic imine (C=N–C) groups is 1. The second kappa shape index (κ2) is 5.02. The smallest absolute Gasteiger partial charge is 0.142 e. The summed E-state index contributed by atoms with van der Waals surface area (Å²) < 4.78 is -0.424. The summed E-state index contributed by atoms with van der Waals surface area (Å²) in [7, 11) is 1.66. The SMILES string of the molecule is C[N+]1([O-])CCN=C(c2ccccc2)c2cc(Cl)ccc21. The van der Waals surface area contributed by atoms with Crippen molar-refractivity contribution in [1.29, 1.82) is 0 Å². The average molecular weight is 287 g/mol. The number of halogens is 1. The molecule has 1 atom stereocenters. The van der Waals surface area contributed by atoms with Crippen molar-refractivity contribution < 1.29 is 0 Å². The van der Waals surface area contributed by atoms with Crippen LogP contribution in [-0.2, 0) is 0 Å². The van der Waals surface area contributed by atoms with Gasteiger partial charge in [-0.2, -0.15) is 0 Å². The minimum absolute atomic E-state index is 0.424. The number of fused-ring (bicyclic) bond motifs is 1. The Morgan fingerprint density at radius 2 is 1.90 bits per heavy atom. The molecule has 0 saturated carbocycles. The first-order valence-electron chi connectivity index (χ1n) is 6.55. The zero-order chi connectivity index (χ0) is 14.2. The molecule has 3 rings (SSSR count). The number of hydrogen-bond acceptors (Lipinski definition) is 2. The Morgan fingerprint density at radius 3 is 2.65 bits per heavy atom. The van der Waals surface area contributed by atoms with Gasteiger partial charge in [0.25, 0.3) is 0 Å². The van der Waals surface area contributed by atoms with Crippen molar-refractivity contribution in [3.05, 3.63) is 69.9 Å². The van der Waals surface area contributed by atoms with Gasteiger partial charge in [0.05, 0.1) is 24.9 Å². The van der Waals surface area contributed by atoms with Crippen LogP contribution in [0.2, 0.25) is 5.02 Å². The molecule has 4 heteroatoms. The van der Waals surface area contributed by atoms with Crippen LogP contribution >= 0.6 is 11.6 Å². The van der Waals surface area contributed by atoms with Crippen LogP contribution in [0.15, 0.2) is 53.5 Å². The van der Waals surface area contributed by atoms with Gasteiger partial charge < -0.3 is 9.85 Å². The molecule has 2 aromatic carbocycles. The van der Waals surface area contributed by atoms with Crippen LogP contribution in [0.5, 0.6) is 0 Å². The molecular formula is C16H15ClN2O. The van der Waals surface area contributed by atoms with Crippen molar-refractivity contribution in [2.75, 3.05) is 20.1 Å². The van der Waals surface area contributed by atoms with E-state index in [1.807, 2.05) is 42.5 Å². The molecule has 1 heterocycles. The van der Waals surface area contributed by atoms with Gasteiger partial charge in [0, 0.05) is 16.7 Å². The fraction of sp³-hybridized carbons (Fsp3) is 0.188. The first kappa shape index (κ1) is 13.3. The summed E-state index contributed by atoms with van der Waals surface area (Å²) >= 11 is 6.11. The summed E-state index contributed by atoms with van der Waals surface area (Å²) in [5.74, 6) is 0. The van der Waals surface area contributed by atoms with E-state index in [0.29, 0.717) is 18.1 Å². The molecule has 0 spiro atoms. The maximum Gasteiger partial charge on any atom is 0.142 e. The van der Waals surface area contributed by atoms with Gasteiger partial charge in [-0.3, -0.25) is 4.99 Å². The highest BCUT2D eigenvalue weighted by atomic mass is 35.5. The van der Waals surface area contributed by atoms with Crippen molar-refractivity contribution in [3.8, 4) is 0 Å². The third-order valence-corrected chi connectivity index (χ3v) is 3.80. The minimum atomic E-state index is -0.424. The van der Waals surface area contributed by atoms with Crippen LogP contribution in [0.3, 0.4) is 0 Å². The largest absolute Gasteiger partial charge is 0.627 e. The third kappa shape index (κ3) is 2.36. The Labute approximate surface area is 123 Å². The fourth-order valence-corrected chi connectivity index (χ4v) is 2.68. The Balaban J connectivity index is 2.22. The minimum Gasteiger partial charge on any atom is -0.627 e. The van der Waals surface area contributed by atoms with E-state index in [0.717, 1.165) is 22.5 Å². The molecule has 0 saturated heterocycles. The topological polar surface area (TPSA) is 35.4 Å². The fourth-order valence-electron chi connectivity index (χ4n) is 2.51. The van der Waals surface area contributed by atoms with Crippen molar-refractivity contribution >= 4 is 23.0 Å². The Hall–Kier alpha value is -1.68. The van der Waals surface area contributed by atoms with E-state index in [1.54, 1.807) is 13.1 Å². The van der Waals surface area contributed by atoms with Crippen molar-refractivity contribution in [1.82, 2.24) is 4.65 Å². The van der Waals surface area contributed by atoms with E-state index in [4.69, 9.17) is 11.6 Å². The number of hydrogen-bond donors (Lipinski definition) is 0. The van der Waals surface area contributed by atoms with Gasteiger partial charge >= 0.3 is 0 Å². The first-order valence-corrected chi connectivity index (χ1v) is 6.93. The highest BCUT2D eigenvalue weighted by Gasteiger charge is 2.25. The van der Waals surface area contributed by atoms with Gasteiger partial charge in [0.1, 0.15) is 12.2 Å². The standard InChI is InChI=1S/C16H15ClN2O/c1-19(20)10-9-18-16(12-5-3-2-4-6-12)14-11-13(17)7-8-15(14)19/h2-8,11H,9-10H2,1H3. The summed E-state index contributed by atoms with van der Waals surface area (Å²) in [5, 5.41) is 13.3. The van der Waals surface area contributed by atoms with E-state index in [1.165, 1.54) is 0 Å². The highest BCUT2D eigenvalue weighted by Crippen LogP contribution is 2.32. The van der Waals surface area contributed by atoms with E-state index >= 15 is 0 Å². The lowest BCUT2D eigenvalue weighted by Gasteiger charge is -2.37. The van der Waals surface area contributed by atoms with Gasteiger partial charge in [-0.1, -0.05) is 41.9 Å². The Kier molecular flexibility index (Phi) is 3.34. The lowest BCUT2D eigenvalue weighted by Crippen LogP contribution is -2.40. The molecule has 0 aliphatic carbocycles. The Bertz CT molecular complexity index is 665. The van der Waals surface area contributed by atoms with Crippen LogP contribution in [0.1, 0.15) is 11.1 Å². The zero-order valence-corrected chi connectivity index (χ0v) is 12.0. The van der Waals surface area contributed by atoms with Gasteiger partial charge in [0.2, 0.25) is 0 Å². The summed E-state index contributed by atoms with van der Waals surface area (Å²) in [6.07, 6.45) is 0. The number of hydroxylamine groups is 2. The molecule has 0 fully saturated rings. The molecule has 1 aliphatic rings. The number of benzodiazepines with no additional fused rings is 1. The van der Waals surface area contributed by atoms with E-state index in [2.05, 4.69) is 4.99 Å². The van der Waals surface area contributed by atoms with E-state index in [-0.39, 0.29) is 0 Å². The van der Waals surface area contributed by atoms with Crippen LogP contribution in [0.4, 0.5) is 5.69 Å². The number of quaternary nitrogens is 1. The summed E-state index contributed by atoms with van der Waals surface area (Å²) in [6.45, 7) is 0.946. The first-order chi connectivity index (χ1) is 9.58. The predicted molar refractivity (Wildman–Crippen MR) is 84.4 cm³/mol. The number of rotatable bonds is 1. The van der Waals surface area contributed by atoms with E-state index < -0.39 is 4.65 Å². The zero-order valence-electron chi connectivity index (χ0n) is 11.2. The summed E-state index contributed by atoms with van der Waals surface area (Å²) in [4.78, 5) is 4.61. The molecule has 102 valence electrons. The quantitative estimate of drug-likeness (QED) is 0.582. The molecule has 0 amide bonds. The molecule has 1 unspecified atom stereocenters. The number of likely N-dealkylation sites (N-methyl/N-ethyl adjacent to an activating group) is 1. The number of benzene rings is 2. The lowest BCUT2D eigenvalue weighted by atomic mass is 10.0.